The molecule has 2 aromatic heterocycles. The third-order valence-corrected chi connectivity index (χ3v) is 4.81. The monoisotopic (exact) mass is 348 g/mol. The maximum atomic E-state index is 13.0. The highest BCUT2D eigenvalue weighted by Gasteiger charge is 2.19. The smallest absolute Gasteiger partial charge is 0.253 e. The molecule has 0 spiro atoms. The van der Waals surface area contributed by atoms with Gasteiger partial charge in [-0.05, 0) is 37.6 Å². The van der Waals surface area contributed by atoms with Gasteiger partial charge in [0.25, 0.3) is 5.91 Å². The first-order valence-electron chi connectivity index (χ1n) is 8.71. The number of amides is 1. The molecule has 3 rings (SSSR count). The van der Waals surface area contributed by atoms with E-state index in [2.05, 4.69) is 16.9 Å². The lowest BCUT2D eigenvalue weighted by atomic mass is 10.0. The average Bonchev–Trinajstić information content (AvgIpc) is 3.08. The molecule has 134 valence electrons. The molecule has 0 aliphatic carbocycles. The van der Waals surface area contributed by atoms with Gasteiger partial charge in [-0.1, -0.05) is 18.2 Å². The van der Waals surface area contributed by atoms with Crippen LogP contribution in [0.1, 0.15) is 28.5 Å². The first kappa shape index (κ1) is 17.9. The number of hydrogen-bond acceptors (Lipinski definition) is 3. The molecule has 0 aliphatic heterocycles. The zero-order valence-electron chi connectivity index (χ0n) is 15.7. The van der Waals surface area contributed by atoms with Crippen molar-refractivity contribution in [2.24, 2.45) is 7.05 Å². The predicted octanol–water partition coefficient (Wildman–Crippen LogP) is 3.49. The molecular formula is C21H24N4O. The Balaban J connectivity index is 1.78. The Morgan fingerprint density at radius 3 is 2.77 bits per heavy atom. The molecule has 0 fully saturated rings. The summed E-state index contributed by atoms with van der Waals surface area (Å²) >= 11 is 0. The topological polar surface area (TPSA) is 51.0 Å². The Labute approximate surface area is 154 Å². The van der Waals surface area contributed by atoms with Crippen LogP contribution in [0.5, 0.6) is 0 Å². The highest BCUT2D eigenvalue weighted by atomic mass is 16.2. The van der Waals surface area contributed by atoms with E-state index < -0.39 is 0 Å². The normalized spacial score (nSPS) is 12.0. The predicted molar refractivity (Wildman–Crippen MR) is 103 cm³/mol. The molecule has 0 saturated carbocycles. The van der Waals surface area contributed by atoms with E-state index in [-0.39, 0.29) is 11.9 Å². The quantitative estimate of drug-likeness (QED) is 0.709. The molecule has 1 unspecified atom stereocenters. The number of pyridine rings is 1. The summed E-state index contributed by atoms with van der Waals surface area (Å²) < 4.78 is 1.94. The second-order valence-electron chi connectivity index (χ2n) is 6.71. The number of likely N-dealkylation sites (N-methyl/N-ethyl adjacent to an activating group) is 1. The molecule has 3 aromatic rings. The van der Waals surface area contributed by atoms with Gasteiger partial charge in [-0.2, -0.15) is 0 Å². The standard InChI is InChI=1S/C21H24N4O/c1-15-7-6-10-23-19(15)11-16(2)25(4)21(26)18-9-5-8-17(12-18)20-13-22-14-24(20)3/h5-10,12-14,16H,11H2,1-4H3. The van der Waals surface area contributed by atoms with E-state index in [1.165, 1.54) is 0 Å². The highest BCUT2D eigenvalue weighted by Crippen LogP contribution is 2.21. The van der Waals surface area contributed by atoms with Crippen molar-refractivity contribution in [1.29, 1.82) is 0 Å². The third-order valence-electron chi connectivity index (χ3n) is 4.81. The maximum Gasteiger partial charge on any atom is 0.253 e. The highest BCUT2D eigenvalue weighted by molar-refractivity contribution is 5.95. The zero-order valence-corrected chi connectivity index (χ0v) is 15.7. The van der Waals surface area contributed by atoms with E-state index in [0.29, 0.717) is 5.56 Å². The molecule has 0 saturated heterocycles. The van der Waals surface area contributed by atoms with E-state index in [4.69, 9.17) is 0 Å². The Hall–Kier alpha value is -2.95. The lowest BCUT2D eigenvalue weighted by Crippen LogP contribution is -2.36. The van der Waals surface area contributed by atoms with Crippen LogP contribution in [-0.4, -0.2) is 38.4 Å². The lowest BCUT2D eigenvalue weighted by Gasteiger charge is -2.25. The summed E-state index contributed by atoms with van der Waals surface area (Å²) in [5.74, 6) is 0.00935. The molecule has 5 nitrogen and oxygen atoms in total. The summed E-state index contributed by atoms with van der Waals surface area (Å²) in [7, 11) is 3.79. The second kappa shape index (κ2) is 7.52. The summed E-state index contributed by atoms with van der Waals surface area (Å²) in [5, 5.41) is 0. The molecule has 0 bridgehead atoms. The molecule has 5 heteroatoms. The van der Waals surface area contributed by atoms with Crippen molar-refractivity contribution < 1.29 is 4.79 Å². The zero-order chi connectivity index (χ0) is 18.7. The van der Waals surface area contributed by atoms with Crippen molar-refractivity contribution in [3.8, 4) is 11.3 Å². The van der Waals surface area contributed by atoms with Crippen molar-refractivity contribution in [1.82, 2.24) is 19.4 Å². The van der Waals surface area contributed by atoms with Gasteiger partial charge in [0.1, 0.15) is 0 Å². The van der Waals surface area contributed by atoms with Crippen LogP contribution in [-0.2, 0) is 13.5 Å². The van der Waals surface area contributed by atoms with Crippen LogP contribution in [0.15, 0.2) is 55.1 Å². The largest absolute Gasteiger partial charge is 0.339 e. The fourth-order valence-corrected chi connectivity index (χ4v) is 3.00. The minimum absolute atomic E-state index is 0.00935. The van der Waals surface area contributed by atoms with Gasteiger partial charge in [0.2, 0.25) is 0 Å². The number of benzene rings is 1. The van der Waals surface area contributed by atoms with Crippen molar-refractivity contribution in [3.05, 3.63) is 71.9 Å². The molecule has 1 aromatic carbocycles. The molecular weight excluding hydrogens is 324 g/mol. The number of carbonyl (C=O) groups is 1. The third kappa shape index (κ3) is 3.67. The molecule has 2 heterocycles. The van der Waals surface area contributed by atoms with Gasteiger partial charge >= 0.3 is 0 Å². The van der Waals surface area contributed by atoms with Crippen molar-refractivity contribution in [3.63, 3.8) is 0 Å². The van der Waals surface area contributed by atoms with Gasteiger partial charge in [0.05, 0.1) is 18.2 Å². The van der Waals surface area contributed by atoms with Crippen LogP contribution in [0.4, 0.5) is 0 Å². The molecule has 1 atom stereocenters. The summed E-state index contributed by atoms with van der Waals surface area (Å²) in [5.41, 5.74) is 4.83. The number of aryl methyl sites for hydroxylation is 2. The van der Waals surface area contributed by atoms with Gasteiger partial charge < -0.3 is 9.47 Å². The first-order chi connectivity index (χ1) is 12.5. The number of aromatic nitrogens is 3. The van der Waals surface area contributed by atoms with Gasteiger partial charge in [-0.15, -0.1) is 0 Å². The van der Waals surface area contributed by atoms with Crippen molar-refractivity contribution >= 4 is 5.91 Å². The number of rotatable bonds is 5. The minimum atomic E-state index is 0.00935. The molecule has 0 aliphatic rings. The second-order valence-corrected chi connectivity index (χ2v) is 6.71. The summed E-state index contributed by atoms with van der Waals surface area (Å²) in [4.78, 5) is 23.3. The van der Waals surface area contributed by atoms with Crippen LogP contribution in [0.25, 0.3) is 11.3 Å². The molecule has 0 N–H and O–H groups in total. The fraction of sp³-hybridized carbons (Fsp3) is 0.286. The van der Waals surface area contributed by atoms with Gasteiger partial charge in [-0.25, -0.2) is 4.98 Å². The molecule has 26 heavy (non-hydrogen) atoms. The summed E-state index contributed by atoms with van der Waals surface area (Å²) in [6, 6.07) is 11.7. The summed E-state index contributed by atoms with van der Waals surface area (Å²) in [6.07, 6.45) is 6.09. The first-order valence-corrected chi connectivity index (χ1v) is 8.71. The van der Waals surface area contributed by atoms with Gasteiger partial charge in [0, 0.05) is 49.6 Å². The Bertz CT molecular complexity index is 916. The number of nitrogens with zero attached hydrogens (tertiary/aromatic N) is 4. The number of imidazole rings is 1. The van der Waals surface area contributed by atoms with Crippen LogP contribution >= 0.6 is 0 Å². The van der Waals surface area contributed by atoms with E-state index >= 15 is 0 Å². The van der Waals surface area contributed by atoms with E-state index in [9.17, 15) is 4.79 Å². The molecule has 1 amide bonds. The van der Waals surface area contributed by atoms with E-state index in [0.717, 1.165) is 28.9 Å². The summed E-state index contributed by atoms with van der Waals surface area (Å²) in [6.45, 7) is 4.10. The average molecular weight is 348 g/mol. The minimum Gasteiger partial charge on any atom is -0.339 e. The van der Waals surface area contributed by atoms with Crippen LogP contribution in [0.2, 0.25) is 0 Å². The SMILES string of the molecule is Cc1cccnc1CC(C)N(C)C(=O)c1cccc(-c2cncn2C)c1. The van der Waals surface area contributed by atoms with E-state index in [1.54, 1.807) is 23.6 Å². The number of hydrogen-bond donors (Lipinski definition) is 0. The van der Waals surface area contributed by atoms with Crippen LogP contribution in [0, 0.1) is 6.92 Å². The Kier molecular flexibility index (Phi) is 5.16. The number of carbonyl (C=O) groups excluding carboxylic acids is 1. The molecule has 0 radical (unpaired) electrons. The van der Waals surface area contributed by atoms with Crippen LogP contribution in [0.3, 0.4) is 0 Å². The van der Waals surface area contributed by atoms with Crippen molar-refractivity contribution in [2.75, 3.05) is 7.05 Å². The van der Waals surface area contributed by atoms with Gasteiger partial charge in [-0.3, -0.25) is 9.78 Å². The van der Waals surface area contributed by atoms with Gasteiger partial charge in [0.15, 0.2) is 0 Å². The Morgan fingerprint density at radius 2 is 2.08 bits per heavy atom. The van der Waals surface area contributed by atoms with Crippen LogP contribution < -0.4 is 0 Å². The van der Waals surface area contributed by atoms with Crippen molar-refractivity contribution in [2.45, 2.75) is 26.3 Å². The van der Waals surface area contributed by atoms with E-state index in [1.807, 2.05) is 62.0 Å². The maximum absolute atomic E-state index is 13.0. The fourth-order valence-electron chi connectivity index (χ4n) is 3.00. The Morgan fingerprint density at radius 1 is 1.27 bits per heavy atom. The lowest BCUT2D eigenvalue weighted by molar-refractivity contribution is 0.0743.